The van der Waals surface area contributed by atoms with E-state index in [4.69, 9.17) is 11.6 Å². The van der Waals surface area contributed by atoms with Gasteiger partial charge in [0.2, 0.25) is 0 Å². The van der Waals surface area contributed by atoms with Crippen molar-refractivity contribution < 1.29 is 9.18 Å². The fourth-order valence-corrected chi connectivity index (χ4v) is 3.16. The molecule has 138 valence electrons. The number of nitrogens with one attached hydrogen (secondary N) is 2. The first-order chi connectivity index (χ1) is 13.5. The molecule has 0 fully saturated rings. The summed E-state index contributed by atoms with van der Waals surface area (Å²) in [5.41, 5.74) is 1.43. The minimum Gasteiger partial charge on any atom is -0.321 e. The summed E-state index contributed by atoms with van der Waals surface area (Å²) >= 11 is 5.97. The van der Waals surface area contributed by atoms with Crippen molar-refractivity contribution in [2.45, 2.75) is 0 Å². The summed E-state index contributed by atoms with van der Waals surface area (Å²) in [5.74, 6) is -1.45. The van der Waals surface area contributed by atoms with Gasteiger partial charge < -0.3 is 10.3 Å². The third-order valence-electron chi connectivity index (χ3n) is 4.22. The van der Waals surface area contributed by atoms with E-state index in [2.05, 4.69) is 15.3 Å². The highest BCUT2D eigenvalue weighted by molar-refractivity contribution is 6.34. The number of para-hydroxylation sites is 3. The highest BCUT2D eigenvalue weighted by Crippen LogP contribution is 2.27. The lowest BCUT2D eigenvalue weighted by Crippen LogP contribution is -2.17. The predicted octanol–water partition coefficient (Wildman–Crippen LogP) is 4.63. The Labute approximate surface area is 163 Å². The zero-order valence-corrected chi connectivity index (χ0v) is 15.1. The Morgan fingerprint density at radius 1 is 1.00 bits per heavy atom. The van der Waals surface area contributed by atoms with Crippen LogP contribution in [0.25, 0.3) is 22.3 Å². The summed E-state index contributed by atoms with van der Waals surface area (Å²) in [4.78, 5) is 32.3. The zero-order valence-electron chi connectivity index (χ0n) is 14.4. The van der Waals surface area contributed by atoms with Crippen LogP contribution in [0.2, 0.25) is 5.02 Å². The normalized spacial score (nSPS) is 10.8. The molecule has 2 N–H and O–H groups in total. The lowest BCUT2D eigenvalue weighted by Gasteiger charge is -2.12. The Morgan fingerprint density at radius 3 is 2.57 bits per heavy atom. The average Bonchev–Trinajstić information content (AvgIpc) is 2.68. The Balaban J connectivity index is 1.79. The van der Waals surface area contributed by atoms with E-state index < -0.39 is 17.3 Å². The summed E-state index contributed by atoms with van der Waals surface area (Å²) < 4.78 is 14.1. The van der Waals surface area contributed by atoms with Crippen LogP contribution in [0.1, 0.15) is 10.4 Å². The summed E-state index contributed by atoms with van der Waals surface area (Å²) in [5, 5.41) is 2.62. The minimum absolute atomic E-state index is 0.00309. The van der Waals surface area contributed by atoms with E-state index >= 15 is 0 Å². The van der Waals surface area contributed by atoms with E-state index in [9.17, 15) is 14.0 Å². The number of hydrogen-bond donors (Lipinski definition) is 2. The number of rotatable bonds is 3. The van der Waals surface area contributed by atoms with E-state index in [1.807, 2.05) is 6.07 Å². The molecule has 0 unspecified atom stereocenters. The number of nitrogens with zero attached hydrogens (tertiary/aromatic N) is 1. The first-order valence-electron chi connectivity index (χ1n) is 8.38. The Hall–Kier alpha value is -3.51. The molecule has 0 aliphatic heterocycles. The maximum atomic E-state index is 14.1. The van der Waals surface area contributed by atoms with Gasteiger partial charge >= 0.3 is 0 Å². The number of amides is 1. The maximum absolute atomic E-state index is 14.1. The van der Waals surface area contributed by atoms with Gasteiger partial charge in [-0.2, -0.15) is 0 Å². The topological polar surface area (TPSA) is 74.8 Å². The molecule has 0 saturated heterocycles. The monoisotopic (exact) mass is 393 g/mol. The lowest BCUT2D eigenvalue weighted by molar-refractivity contribution is 0.102. The average molecular weight is 394 g/mol. The number of aromatic nitrogens is 2. The van der Waals surface area contributed by atoms with Crippen molar-refractivity contribution in [3.8, 4) is 11.3 Å². The molecule has 5 nitrogen and oxygen atoms in total. The SMILES string of the molecule is O=C(Nc1ccccc1-c1nc2ccccc2[nH]c1=O)c1c(F)cccc1Cl. The molecule has 3 aromatic carbocycles. The number of fused-ring (bicyclic) bond motifs is 1. The second kappa shape index (κ2) is 7.25. The van der Waals surface area contributed by atoms with E-state index in [1.165, 1.54) is 12.1 Å². The van der Waals surface area contributed by atoms with Gasteiger partial charge in [-0.15, -0.1) is 0 Å². The van der Waals surface area contributed by atoms with Crippen LogP contribution in [-0.4, -0.2) is 15.9 Å². The fraction of sp³-hybridized carbons (Fsp3) is 0. The van der Waals surface area contributed by atoms with Crippen LogP contribution >= 0.6 is 11.6 Å². The molecular weight excluding hydrogens is 381 g/mol. The highest BCUT2D eigenvalue weighted by atomic mass is 35.5. The van der Waals surface area contributed by atoms with Gasteiger partial charge in [0.1, 0.15) is 11.5 Å². The van der Waals surface area contributed by atoms with Crippen molar-refractivity contribution in [1.82, 2.24) is 9.97 Å². The number of H-pyrrole nitrogens is 1. The first kappa shape index (κ1) is 17.9. The molecule has 0 saturated carbocycles. The predicted molar refractivity (Wildman–Crippen MR) is 107 cm³/mol. The van der Waals surface area contributed by atoms with Crippen LogP contribution in [0.4, 0.5) is 10.1 Å². The summed E-state index contributed by atoms with van der Waals surface area (Å²) in [6.07, 6.45) is 0. The van der Waals surface area contributed by atoms with Gasteiger partial charge in [0, 0.05) is 5.56 Å². The van der Waals surface area contributed by atoms with Crippen LogP contribution in [-0.2, 0) is 0 Å². The third-order valence-corrected chi connectivity index (χ3v) is 4.53. The Bertz CT molecular complexity index is 1250. The Kier molecular flexibility index (Phi) is 4.63. The van der Waals surface area contributed by atoms with Crippen molar-refractivity contribution in [2.24, 2.45) is 0 Å². The molecule has 1 heterocycles. The molecule has 4 aromatic rings. The van der Waals surface area contributed by atoms with E-state index in [1.54, 1.807) is 42.5 Å². The van der Waals surface area contributed by atoms with Gasteiger partial charge in [-0.1, -0.05) is 48.0 Å². The van der Waals surface area contributed by atoms with Gasteiger partial charge in [0.15, 0.2) is 0 Å². The van der Waals surface area contributed by atoms with Gasteiger partial charge in [0.05, 0.1) is 27.3 Å². The van der Waals surface area contributed by atoms with E-state index in [0.717, 1.165) is 6.07 Å². The first-order valence-corrected chi connectivity index (χ1v) is 8.76. The molecular formula is C21H13ClFN3O2. The molecule has 0 atom stereocenters. The van der Waals surface area contributed by atoms with Crippen molar-refractivity contribution in [2.75, 3.05) is 5.32 Å². The number of hydrogen-bond acceptors (Lipinski definition) is 3. The van der Waals surface area contributed by atoms with Crippen LogP contribution in [0, 0.1) is 5.82 Å². The maximum Gasteiger partial charge on any atom is 0.275 e. The zero-order chi connectivity index (χ0) is 19.7. The molecule has 28 heavy (non-hydrogen) atoms. The number of benzene rings is 3. The second-order valence-corrected chi connectivity index (χ2v) is 6.44. The van der Waals surface area contributed by atoms with Crippen molar-refractivity contribution >= 4 is 34.2 Å². The van der Waals surface area contributed by atoms with Gasteiger partial charge in [-0.25, -0.2) is 9.37 Å². The molecule has 0 aliphatic rings. The number of anilines is 1. The van der Waals surface area contributed by atoms with Crippen LogP contribution < -0.4 is 10.9 Å². The number of carbonyl (C=O) groups excluding carboxylic acids is 1. The standard InChI is InChI=1S/C21H13ClFN3O2/c22-13-7-5-8-14(23)18(13)20(27)25-15-9-2-1-6-12(15)19-21(28)26-17-11-4-3-10-16(17)24-19/h1-11H,(H,25,27)(H,26,28). The second-order valence-electron chi connectivity index (χ2n) is 6.03. The van der Waals surface area contributed by atoms with Crippen molar-refractivity contribution in [1.29, 1.82) is 0 Å². The lowest BCUT2D eigenvalue weighted by atomic mass is 10.1. The summed E-state index contributed by atoms with van der Waals surface area (Å²) in [6, 6.07) is 17.8. The third kappa shape index (κ3) is 3.25. The molecule has 0 radical (unpaired) electrons. The molecule has 1 amide bonds. The Morgan fingerprint density at radius 2 is 1.75 bits per heavy atom. The van der Waals surface area contributed by atoms with Gasteiger partial charge in [-0.3, -0.25) is 9.59 Å². The molecule has 0 aliphatic carbocycles. The van der Waals surface area contributed by atoms with Crippen LogP contribution in [0.5, 0.6) is 0 Å². The largest absolute Gasteiger partial charge is 0.321 e. The minimum atomic E-state index is -0.732. The summed E-state index contributed by atoms with van der Waals surface area (Å²) in [7, 11) is 0. The molecule has 7 heteroatoms. The number of halogens is 2. The van der Waals surface area contributed by atoms with Gasteiger partial charge in [-0.05, 0) is 30.3 Å². The van der Waals surface area contributed by atoms with Crippen molar-refractivity contribution in [3.63, 3.8) is 0 Å². The quantitative estimate of drug-likeness (QED) is 0.532. The van der Waals surface area contributed by atoms with Crippen LogP contribution in [0.15, 0.2) is 71.5 Å². The van der Waals surface area contributed by atoms with E-state index in [-0.39, 0.29) is 16.3 Å². The van der Waals surface area contributed by atoms with Crippen molar-refractivity contribution in [3.05, 3.63) is 93.5 Å². The molecule has 0 spiro atoms. The summed E-state index contributed by atoms with van der Waals surface area (Å²) in [6.45, 7) is 0. The molecule has 0 bridgehead atoms. The number of aromatic amines is 1. The molecule has 4 rings (SSSR count). The van der Waals surface area contributed by atoms with E-state index in [0.29, 0.717) is 22.3 Å². The molecule has 1 aromatic heterocycles. The number of carbonyl (C=O) groups is 1. The fourth-order valence-electron chi connectivity index (χ4n) is 2.91. The van der Waals surface area contributed by atoms with Gasteiger partial charge in [0.25, 0.3) is 11.5 Å². The van der Waals surface area contributed by atoms with Crippen LogP contribution in [0.3, 0.4) is 0 Å². The smallest absolute Gasteiger partial charge is 0.275 e. The highest BCUT2D eigenvalue weighted by Gasteiger charge is 2.18.